The van der Waals surface area contributed by atoms with Crippen LogP contribution < -0.4 is 10.9 Å². The van der Waals surface area contributed by atoms with E-state index >= 15 is 0 Å². The van der Waals surface area contributed by atoms with Gasteiger partial charge in [-0.15, -0.1) is 0 Å². The molecule has 2 aromatic rings. The van der Waals surface area contributed by atoms with Gasteiger partial charge in [-0.2, -0.15) is 5.10 Å². The minimum absolute atomic E-state index is 0.309. The molecule has 0 aromatic carbocycles. The fourth-order valence-corrected chi connectivity index (χ4v) is 1.75. The first-order valence-electron chi connectivity index (χ1n) is 6.28. The molecule has 1 atom stereocenters. The quantitative estimate of drug-likeness (QED) is 0.917. The predicted octanol–water partition coefficient (Wildman–Crippen LogP) is 1.45. The lowest BCUT2D eigenvalue weighted by atomic mass is 10.2. The van der Waals surface area contributed by atoms with Crippen LogP contribution in [0.1, 0.15) is 24.2 Å². The molecule has 0 aliphatic rings. The van der Waals surface area contributed by atoms with Crippen LogP contribution in [0, 0.1) is 13.8 Å². The van der Waals surface area contributed by atoms with E-state index in [1.807, 2.05) is 13.0 Å². The van der Waals surface area contributed by atoms with Gasteiger partial charge in [0.15, 0.2) is 0 Å². The third kappa shape index (κ3) is 2.90. The van der Waals surface area contributed by atoms with Gasteiger partial charge in [0.25, 0.3) is 5.56 Å². The van der Waals surface area contributed by atoms with E-state index in [2.05, 4.69) is 15.4 Å². The molecule has 1 unspecified atom stereocenters. The highest BCUT2D eigenvalue weighted by Crippen LogP contribution is 2.12. The summed E-state index contributed by atoms with van der Waals surface area (Å²) in [4.78, 5) is 28.0. The van der Waals surface area contributed by atoms with E-state index < -0.39 is 6.04 Å². The van der Waals surface area contributed by atoms with Gasteiger partial charge >= 0.3 is 0 Å². The molecule has 0 aliphatic carbocycles. The standard InChI is InChI=1S/C14H16N4O2/c1-9-5-4-8-15-13(9)16-14(20)11(3)18-12(19)7-6-10(2)17-18/h4-8,11H,1-3H3,(H,15,16,20). The Morgan fingerprint density at radius 2 is 2.05 bits per heavy atom. The smallest absolute Gasteiger partial charge is 0.267 e. The zero-order valence-corrected chi connectivity index (χ0v) is 11.6. The number of carbonyl (C=O) groups is 1. The van der Waals surface area contributed by atoms with Crippen molar-refractivity contribution in [2.24, 2.45) is 0 Å². The first kappa shape index (κ1) is 13.9. The van der Waals surface area contributed by atoms with Crippen molar-refractivity contribution in [1.29, 1.82) is 0 Å². The minimum atomic E-state index is -0.705. The molecule has 0 bridgehead atoms. The first-order chi connectivity index (χ1) is 9.49. The van der Waals surface area contributed by atoms with Crippen molar-refractivity contribution in [3.63, 3.8) is 0 Å². The van der Waals surface area contributed by atoms with Crippen LogP contribution in [0.3, 0.4) is 0 Å². The first-order valence-corrected chi connectivity index (χ1v) is 6.28. The second-order valence-electron chi connectivity index (χ2n) is 4.59. The summed E-state index contributed by atoms with van der Waals surface area (Å²) in [5.41, 5.74) is 1.23. The lowest BCUT2D eigenvalue weighted by Crippen LogP contribution is -2.33. The van der Waals surface area contributed by atoms with Crippen molar-refractivity contribution < 1.29 is 4.79 Å². The number of pyridine rings is 1. The largest absolute Gasteiger partial charge is 0.309 e. The predicted molar refractivity (Wildman–Crippen MR) is 75.5 cm³/mol. The molecule has 20 heavy (non-hydrogen) atoms. The monoisotopic (exact) mass is 272 g/mol. The maximum absolute atomic E-state index is 12.2. The fourth-order valence-electron chi connectivity index (χ4n) is 1.75. The van der Waals surface area contributed by atoms with Gasteiger partial charge in [-0.05, 0) is 38.5 Å². The Labute approximate surface area is 116 Å². The number of hydrogen-bond donors (Lipinski definition) is 1. The van der Waals surface area contributed by atoms with Gasteiger partial charge < -0.3 is 5.32 Å². The van der Waals surface area contributed by atoms with Crippen molar-refractivity contribution in [1.82, 2.24) is 14.8 Å². The van der Waals surface area contributed by atoms with Crippen molar-refractivity contribution >= 4 is 11.7 Å². The van der Waals surface area contributed by atoms with Gasteiger partial charge in [0.05, 0.1) is 5.69 Å². The fraction of sp³-hybridized carbons (Fsp3) is 0.286. The number of carbonyl (C=O) groups excluding carboxylic acids is 1. The number of anilines is 1. The second-order valence-corrected chi connectivity index (χ2v) is 4.59. The number of hydrogen-bond acceptors (Lipinski definition) is 4. The molecule has 0 radical (unpaired) electrons. The van der Waals surface area contributed by atoms with Crippen LogP contribution in [0.5, 0.6) is 0 Å². The Hall–Kier alpha value is -2.50. The average Bonchev–Trinajstić information content (AvgIpc) is 2.43. The Morgan fingerprint density at radius 1 is 1.30 bits per heavy atom. The van der Waals surface area contributed by atoms with Gasteiger partial charge in [0.2, 0.25) is 5.91 Å². The van der Waals surface area contributed by atoms with E-state index in [-0.39, 0.29) is 11.5 Å². The summed E-state index contributed by atoms with van der Waals surface area (Å²) in [5.74, 6) is 0.164. The molecule has 2 rings (SSSR count). The maximum atomic E-state index is 12.2. The molecule has 0 fully saturated rings. The van der Waals surface area contributed by atoms with Crippen LogP contribution in [0.2, 0.25) is 0 Å². The highest BCUT2D eigenvalue weighted by molar-refractivity contribution is 5.93. The van der Waals surface area contributed by atoms with Gasteiger partial charge in [-0.25, -0.2) is 9.67 Å². The average molecular weight is 272 g/mol. The SMILES string of the molecule is Cc1ccc(=O)n(C(C)C(=O)Nc2ncccc2C)n1. The van der Waals surface area contributed by atoms with E-state index in [0.717, 1.165) is 5.56 Å². The zero-order chi connectivity index (χ0) is 14.7. The van der Waals surface area contributed by atoms with Gasteiger partial charge in [0.1, 0.15) is 11.9 Å². The number of rotatable bonds is 3. The number of nitrogens with one attached hydrogen (secondary N) is 1. The Balaban J connectivity index is 2.23. The van der Waals surface area contributed by atoms with E-state index in [1.54, 1.807) is 32.2 Å². The van der Waals surface area contributed by atoms with Gasteiger partial charge in [0, 0.05) is 12.3 Å². The Kier molecular flexibility index (Phi) is 3.93. The van der Waals surface area contributed by atoms with Crippen molar-refractivity contribution in [3.8, 4) is 0 Å². The van der Waals surface area contributed by atoms with E-state index in [4.69, 9.17) is 0 Å². The summed E-state index contributed by atoms with van der Waals surface area (Å²) in [7, 11) is 0. The number of amides is 1. The zero-order valence-electron chi connectivity index (χ0n) is 11.6. The number of nitrogens with zero attached hydrogens (tertiary/aromatic N) is 3. The Bertz CT molecular complexity index is 694. The maximum Gasteiger partial charge on any atom is 0.267 e. The molecular formula is C14H16N4O2. The molecule has 6 heteroatoms. The Morgan fingerprint density at radius 3 is 2.75 bits per heavy atom. The summed E-state index contributed by atoms with van der Waals surface area (Å²) in [6.45, 7) is 5.25. The minimum Gasteiger partial charge on any atom is -0.309 e. The van der Waals surface area contributed by atoms with Crippen molar-refractivity contribution in [3.05, 3.63) is 52.1 Å². The molecule has 104 valence electrons. The van der Waals surface area contributed by atoms with E-state index in [0.29, 0.717) is 11.5 Å². The molecule has 1 amide bonds. The van der Waals surface area contributed by atoms with Gasteiger partial charge in [-0.1, -0.05) is 6.07 Å². The van der Waals surface area contributed by atoms with Gasteiger partial charge in [-0.3, -0.25) is 9.59 Å². The summed E-state index contributed by atoms with van der Waals surface area (Å²) in [6, 6.07) is 5.96. The molecular weight excluding hydrogens is 256 g/mol. The highest BCUT2D eigenvalue weighted by Gasteiger charge is 2.18. The molecule has 6 nitrogen and oxygen atoms in total. The molecule has 2 aromatic heterocycles. The molecule has 1 N–H and O–H groups in total. The molecule has 0 saturated carbocycles. The van der Waals surface area contributed by atoms with Crippen LogP contribution in [-0.4, -0.2) is 20.7 Å². The topological polar surface area (TPSA) is 76.9 Å². The van der Waals surface area contributed by atoms with Crippen LogP contribution in [-0.2, 0) is 4.79 Å². The number of aromatic nitrogens is 3. The molecule has 0 aliphatic heterocycles. The number of aryl methyl sites for hydroxylation is 2. The van der Waals surface area contributed by atoms with Crippen molar-refractivity contribution in [2.45, 2.75) is 26.8 Å². The third-order valence-corrected chi connectivity index (χ3v) is 2.96. The van der Waals surface area contributed by atoms with Crippen LogP contribution >= 0.6 is 0 Å². The lowest BCUT2D eigenvalue weighted by molar-refractivity contribution is -0.119. The van der Waals surface area contributed by atoms with E-state index in [9.17, 15) is 9.59 Å². The third-order valence-electron chi connectivity index (χ3n) is 2.96. The summed E-state index contributed by atoms with van der Waals surface area (Å²) < 4.78 is 1.17. The molecule has 2 heterocycles. The summed E-state index contributed by atoms with van der Waals surface area (Å²) >= 11 is 0. The molecule has 0 saturated heterocycles. The summed E-state index contributed by atoms with van der Waals surface area (Å²) in [5, 5.41) is 6.79. The van der Waals surface area contributed by atoms with Crippen molar-refractivity contribution in [2.75, 3.05) is 5.32 Å². The second kappa shape index (κ2) is 5.64. The normalized spacial score (nSPS) is 11.9. The highest BCUT2D eigenvalue weighted by atomic mass is 16.2. The molecule has 0 spiro atoms. The van der Waals surface area contributed by atoms with Crippen LogP contribution in [0.4, 0.5) is 5.82 Å². The summed E-state index contributed by atoms with van der Waals surface area (Å²) in [6.07, 6.45) is 1.60. The van der Waals surface area contributed by atoms with E-state index in [1.165, 1.54) is 10.7 Å². The lowest BCUT2D eigenvalue weighted by Gasteiger charge is -2.14. The van der Waals surface area contributed by atoms with Crippen LogP contribution in [0.25, 0.3) is 0 Å². The van der Waals surface area contributed by atoms with Crippen LogP contribution in [0.15, 0.2) is 35.3 Å².